The van der Waals surface area contributed by atoms with Gasteiger partial charge in [0.2, 0.25) is 0 Å². The van der Waals surface area contributed by atoms with Crippen molar-refractivity contribution in [2.24, 2.45) is 0 Å². The molecule has 0 bridgehead atoms. The van der Waals surface area contributed by atoms with E-state index in [1.165, 1.54) is 25.8 Å². The maximum absolute atomic E-state index is 5.89. The molecule has 2 heterocycles. The molecule has 100 valence electrons. The fraction of sp³-hybridized carbons (Fsp3) is 0.643. The Morgan fingerprint density at radius 3 is 3.17 bits per heavy atom. The molecule has 0 spiro atoms. The summed E-state index contributed by atoms with van der Waals surface area (Å²) in [5.74, 6) is 0.925. The first-order valence-corrected chi connectivity index (χ1v) is 6.72. The molecule has 4 heteroatoms. The van der Waals surface area contributed by atoms with E-state index in [0.717, 1.165) is 24.6 Å². The first kappa shape index (κ1) is 13.3. The van der Waals surface area contributed by atoms with Crippen molar-refractivity contribution in [2.75, 3.05) is 27.2 Å². The van der Waals surface area contributed by atoms with Crippen LogP contribution in [0.1, 0.15) is 25.0 Å². The smallest absolute Gasteiger partial charge is 0.122 e. The van der Waals surface area contributed by atoms with E-state index in [9.17, 15) is 0 Å². The highest BCUT2D eigenvalue weighted by molar-refractivity contribution is 5.22. The van der Waals surface area contributed by atoms with Crippen molar-refractivity contribution < 1.29 is 4.74 Å². The standard InChI is InChI=1S/C14H23N3O/c1-15-10-12-9-14(6-7-16-12)18-11-13-5-3-4-8-17(13)2/h6-7,9,13,15H,3-5,8,10-11H2,1-2H3. The molecule has 4 nitrogen and oxygen atoms in total. The molecule has 0 radical (unpaired) electrons. The fourth-order valence-corrected chi connectivity index (χ4v) is 2.37. The van der Waals surface area contributed by atoms with Crippen LogP contribution < -0.4 is 10.1 Å². The molecule has 1 atom stereocenters. The highest BCUT2D eigenvalue weighted by Gasteiger charge is 2.19. The van der Waals surface area contributed by atoms with Crippen molar-refractivity contribution in [1.82, 2.24) is 15.2 Å². The van der Waals surface area contributed by atoms with E-state index in [4.69, 9.17) is 4.74 Å². The summed E-state index contributed by atoms with van der Waals surface area (Å²) < 4.78 is 5.89. The number of nitrogens with one attached hydrogen (secondary N) is 1. The summed E-state index contributed by atoms with van der Waals surface area (Å²) in [6, 6.07) is 4.50. The van der Waals surface area contributed by atoms with E-state index in [2.05, 4.69) is 22.2 Å². The molecule has 1 N–H and O–H groups in total. The minimum atomic E-state index is 0.555. The molecule has 0 saturated carbocycles. The maximum Gasteiger partial charge on any atom is 0.122 e. The normalized spacial score (nSPS) is 20.9. The van der Waals surface area contributed by atoms with Crippen LogP contribution in [0, 0.1) is 0 Å². The number of likely N-dealkylation sites (tertiary alicyclic amines) is 1. The maximum atomic E-state index is 5.89. The molecule has 1 saturated heterocycles. The lowest BCUT2D eigenvalue weighted by molar-refractivity contribution is 0.125. The van der Waals surface area contributed by atoms with Gasteiger partial charge in [-0.05, 0) is 39.5 Å². The first-order chi connectivity index (χ1) is 8.79. The number of likely N-dealkylation sites (N-methyl/N-ethyl adjacent to an activating group) is 1. The second kappa shape index (κ2) is 6.71. The van der Waals surface area contributed by atoms with Crippen LogP contribution in [0.25, 0.3) is 0 Å². The fourth-order valence-electron chi connectivity index (χ4n) is 2.37. The van der Waals surface area contributed by atoms with Gasteiger partial charge in [-0.2, -0.15) is 0 Å². The van der Waals surface area contributed by atoms with Crippen LogP contribution in [0.5, 0.6) is 5.75 Å². The molecule has 0 amide bonds. The molecule has 1 aromatic rings. The SMILES string of the molecule is CNCc1cc(OCC2CCCCN2C)ccn1. The molecule has 0 aromatic carbocycles. The third-order valence-corrected chi connectivity index (χ3v) is 3.51. The Hall–Kier alpha value is -1.13. The van der Waals surface area contributed by atoms with E-state index in [0.29, 0.717) is 6.04 Å². The lowest BCUT2D eigenvalue weighted by Crippen LogP contribution is -2.40. The number of pyridine rings is 1. The number of nitrogens with zero attached hydrogens (tertiary/aromatic N) is 2. The van der Waals surface area contributed by atoms with Gasteiger partial charge in [-0.3, -0.25) is 4.98 Å². The quantitative estimate of drug-likeness (QED) is 0.861. The van der Waals surface area contributed by atoms with E-state index in [-0.39, 0.29) is 0 Å². The predicted octanol–water partition coefficient (Wildman–Crippen LogP) is 1.66. The van der Waals surface area contributed by atoms with Crippen LogP contribution in [-0.2, 0) is 6.54 Å². The number of ether oxygens (including phenoxy) is 1. The zero-order chi connectivity index (χ0) is 12.8. The van der Waals surface area contributed by atoms with Gasteiger partial charge in [0, 0.05) is 24.8 Å². The zero-order valence-corrected chi connectivity index (χ0v) is 11.4. The minimum Gasteiger partial charge on any atom is -0.492 e. The Balaban J connectivity index is 1.87. The summed E-state index contributed by atoms with van der Waals surface area (Å²) in [7, 11) is 4.11. The summed E-state index contributed by atoms with van der Waals surface area (Å²) in [6.07, 6.45) is 5.69. The van der Waals surface area contributed by atoms with Crippen LogP contribution in [0.3, 0.4) is 0 Å². The molecule has 1 aliphatic rings. The lowest BCUT2D eigenvalue weighted by Gasteiger charge is -2.32. The molecular weight excluding hydrogens is 226 g/mol. The van der Waals surface area contributed by atoms with Crippen LogP contribution in [0.2, 0.25) is 0 Å². The highest BCUT2D eigenvalue weighted by atomic mass is 16.5. The number of rotatable bonds is 5. The van der Waals surface area contributed by atoms with Gasteiger partial charge in [-0.25, -0.2) is 0 Å². The highest BCUT2D eigenvalue weighted by Crippen LogP contribution is 2.17. The molecule has 0 aliphatic carbocycles. The molecular formula is C14H23N3O. The van der Waals surface area contributed by atoms with Crippen molar-refractivity contribution in [3.8, 4) is 5.75 Å². The Kier molecular flexibility index (Phi) is 4.96. The third kappa shape index (κ3) is 3.68. The van der Waals surface area contributed by atoms with Gasteiger partial charge in [0.15, 0.2) is 0 Å². The minimum absolute atomic E-state index is 0.555. The van der Waals surface area contributed by atoms with Gasteiger partial charge >= 0.3 is 0 Å². The van der Waals surface area contributed by atoms with Gasteiger partial charge in [-0.15, -0.1) is 0 Å². The molecule has 1 fully saturated rings. The Bertz CT molecular complexity index is 370. The number of aromatic nitrogens is 1. The Morgan fingerprint density at radius 1 is 1.50 bits per heavy atom. The monoisotopic (exact) mass is 249 g/mol. The Morgan fingerprint density at radius 2 is 2.39 bits per heavy atom. The Labute approximate surface area is 109 Å². The van der Waals surface area contributed by atoms with Gasteiger partial charge in [-0.1, -0.05) is 6.42 Å². The summed E-state index contributed by atoms with van der Waals surface area (Å²) in [5.41, 5.74) is 1.02. The second-order valence-corrected chi connectivity index (χ2v) is 4.95. The number of hydrogen-bond acceptors (Lipinski definition) is 4. The molecule has 18 heavy (non-hydrogen) atoms. The van der Waals surface area contributed by atoms with Crippen molar-refractivity contribution in [1.29, 1.82) is 0 Å². The largest absolute Gasteiger partial charge is 0.492 e. The summed E-state index contributed by atoms with van der Waals surface area (Å²) in [6.45, 7) is 2.75. The average Bonchev–Trinajstić information content (AvgIpc) is 2.39. The van der Waals surface area contributed by atoms with E-state index in [1.54, 1.807) is 0 Å². The van der Waals surface area contributed by atoms with Crippen molar-refractivity contribution in [3.63, 3.8) is 0 Å². The average molecular weight is 249 g/mol. The molecule has 2 rings (SSSR count). The van der Waals surface area contributed by atoms with Crippen LogP contribution in [0.15, 0.2) is 18.3 Å². The first-order valence-electron chi connectivity index (χ1n) is 6.72. The van der Waals surface area contributed by atoms with E-state index in [1.807, 2.05) is 25.4 Å². The van der Waals surface area contributed by atoms with Gasteiger partial charge < -0.3 is 15.0 Å². The topological polar surface area (TPSA) is 37.4 Å². The van der Waals surface area contributed by atoms with Gasteiger partial charge in [0.1, 0.15) is 12.4 Å². The van der Waals surface area contributed by atoms with E-state index >= 15 is 0 Å². The molecule has 1 aliphatic heterocycles. The summed E-state index contributed by atoms with van der Waals surface area (Å²) in [4.78, 5) is 6.69. The van der Waals surface area contributed by atoms with Crippen molar-refractivity contribution in [3.05, 3.63) is 24.0 Å². The van der Waals surface area contributed by atoms with Crippen molar-refractivity contribution >= 4 is 0 Å². The molecule has 1 aromatic heterocycles. The summed E-state index contributed by atoms with van der Waals surface area (Å²) in [5, 5.41) is 3.10. The molecule has 1 unspecified atom stereocenters. The number of hydrogen-bond donors (Lipinski definition) is 1. The number of piperidine rings is 1. The summed E-state index contributed by atoms with van der Waals surface area (Å²) >= 11 is 0. The zero-order valence-electron chi connectivity index (χ0n) is 11.4. The van der Waals surface area contributed by atoms with Gasteiger partial charge in [0.25, 0.3) is 0 Å². The third-order valence-electron chi connectivity index (χ3n) is 3.51. The second-order valence-electron chi connectivity index (χ2n) is 4.95. The van der Waals surface area contributed by atoms with E-state index < -0.39 is 0 Å². The van der Waals surface area contributed by atoms with Crippen LogP contribution in [0.4, 0.5) is 0 Å². The van der Waals surface area contributed by atoms with Crippen molar-refractivity contribution in [2.45, 2.75) is 31.8 Å². The van der Waals surface area contributed by atoms with Gasteiger partial charge in [0.05, 0.1) is 5.69 Å². The predicted molar refractivity (Wildman–Crippen MR) is 72.8 cm³/mol. The van der Waals surface area contributed by atoms with Crippen LogP contribution in [-0.4, -0.2) is 43.2 Å². The lowest BCUT2D eigenvalue weighted by atomic mass is 10.0. The van der Waals surface area contributed by atoms with Crippen LogP contribution >= 0.6 is 0 Å².